The Bertz CT molecular complexity index is 944. The Hall–Kier alpha value is -3.08. The van der Waals surface area contributed by atoms with Gasteiger partial charge in [-0.05, 0) is 17.5 Å². The summed E-state index contributed by atoms with van der Waals surface area (Å²) in [6, 6.07) is 21.3. The molecule has 3 aromatic rings. The van der Waals surface area contributed by atoms with E-state index in [0.717, 1.165) is 16.6 Å². The van der Waals surface area contributed by atoms with Gasteiger partial charge in [-0.2, -0.15) is 0 Å². The first kappa shape index (κ1) is 16.8. The van der Waals surface area contributed by atoms with Crippen LogP contribution in [0.5, 0.6) is 0 Å². The largest absolute Gasteiger partial charge is 0.371 e. The van der Waals surface area contributed by atoms with Gasteiger partial charge >= 0.3 is 5.69 Å². The van der Waals surface area contributed by atoms with Crippen molar-refractivity contribution >= 4 is 5.82 Å². The van der Waals surface area contributed by atoms with Crippen LogP contribution in [0.3, 0.4) is 0 Å². The first-order valence-electron chi connectivity index (χ1n) is 8.28. The average molecular weight is 335 g/mol. The number of benzene rings is 2. The number of hydrogen-bond donors (Lipinski definition) is 1. The Labute approximate surface area is 146 Å². The molecule has 0 unspecified atom stereocenters. The van der Waals surface area contributed by atoms with Gasteiger partial charge in [-0.15, -0.1) is 0 Å². The van der Waals surface area contributed by atoms with Crippen LogP contribution in [0.4, 0.5) is 5.82 Å². The molecule has 0 radical (unpaired) electrons. The van der Waals surface area contributed by atoms with Crippen molar-refractivity contribution in [3.63, 3.8) is 0 Å². The third-order valence-electron chi connectivity index (χ3n) is 4.15. The van der Waals surface area contributed by atoms with E-state index in [9.17, 15) is 9.59 Å². The Balaban J connectivity index is 1.84. The summed E-state index contributed by atoms with van der Waals surface area (Å²) in [5, 5.41) is 3.24. The highest BCUT2D eigenvalue weighted by molar-refractivity contribution is 5.35. The normalized spacial score (nSPS) is 10.6. The molecular weight excluding hydrogens is 314 g/mol. The number of nitrogens with one attached hydrogen (secondary N) is 1. The Morgan fingerprint density at radius 3 is 2.12 bits per heavy atom. The minimum absolute atomic E-state index is 0.309. The van der Waals surface area contributed by atoms with Crippen molar-refractivity contribution in [1.82, 2.24) is 9.13 Å². The number of aromatic nitrogens is 2. The van der Waals surface area contributed by atoms with Crippen LogP contribution in [0.25, 0.3) is 0 Å². The molecule has 1 aromatic heterocycles. The number of nitrogens with zero attached hydrogens (tertiary/aromatic N) is 2. The SMILES string of the molecule is Cn1c(=O)cc(NCCc2ccccc2)n(Cc2ccccc2)c1=O. The minimum atomic E-state index is -0.321. The molecule has 0 saturated heterocycles. The molecule has 0 saturated carbocycles. The standard InChI is InChI=1S/C20H21N3O2/c1-22-19(24)14-18(21-13-12-16-8-4-2-5-9-16)23(20(22)25)15-17-10-6-3-7-11-17/h2-11,14,21H,12-13,15H2,1H3. The van der Waals surface area contributed by atoms with Crippen LogP contribution in [-0.4, -0.2) is 15.7 Å². The first-order valence-corrected chi connectivity index (χ1v) is 8.28. The van der Waals surface area contributed by atoms with E-state index in [1.165, 1.54) is 18.7 Å². The Morgan fingerprint density at radius 2 is 1.48 bits per heavy atom. The van der Waals surface area contributed by atoms with Gasteiger partial charge in [0.25, 0.3) is 5.56 Å². The molecule has 0 aliphatic heterocycles. The Kier molecular flexibility index (Phi) is 5.14. The fraction of sp³-hybridized carbons (Fsp3) is 0.200. The summed E-state index contributed by atoms with van der Waals surface area (Å²) >= 11 is 0. The van der Waals surface area contributed by atoms with Crippen molar-refractivity contribution in [3.05, 3.63) is 98.7 Å². The van der Waals surface area contributed by atoms with E-state index >= 15 is 0 Å². The number of anilines is 1. The van der Waals surface area contributed by atoms with Crippen LogP contribution in [0.15, 0.2) is 76.3 Å². The molecule has 0 fully saturated rings. The molecule has 1 N–H and O–H groups in total. The molecule has 128 valence electrons. The Morgan fingerprint density at radius 1 is 0.880 bits per heavy atom. The van der Waals surface area contributed by atoms with Crippen LogP contribution >= 0.6 is 0 Å². The van der Waals surface area contributed by atoms with Gasteiger partial charge in [0.05, 0.1) is 6.54 Å². The average Bonchev–Trinajstić information content (AvgIpc) is 2.65. The molecule has 0 amide bonds. The first-order chi connectivity index (χ1) is 12.1. The van der Waals surface area contributed by atoms with Gasteiger partial charge in [0.15, 0.2) is 0 Å². The summed E-state index contributed by atoms with van der Waals surface area (Å²) < 4.78 is 2.73. The van der Waals surface area contributed by atoms with Gasteiger partial charge in [0.1, 0.15) is 5.82 Å². The third kappa shape index (κ3) is 4.07. The molecule has 0 atom stereocenters. The third-order valence-corrected chi connectivity index (χ3v) is 4.15. The fourth-order valence-corrected chi connectivity index (χ4v) is 2.71. The van der Waals surface area contributed by atoms with Crippen molar-refractivity contribution in [2.45, 2.75) is 13.0 Å². The molecule has 3 rings (SSSR count). The molecule has 0 bridgehead atoms. The zero-order valence-electron chi connectivity index (χ0n) is 14.2. The van der Waals surface area contributed by atoms with Crippen molar-refractivity contribution in [3.8, 4) is 0 Å². The molecule has 25 heavy (non-hydrogen) atoms. The maximum atomic E-state index is 12.5. The molecular formula is C20H21N3O2. The van der Waals surface area contributed by atoms with E-state index in [-0.39, 0.29) is 11.2 Å². The van der Waals surface area contributed by atoms with Crippen LogP contribution < -0.4 is 16.6 Å². The lowest BCUT2D eigenvalue weighted by molar-refractivity contribution is 0.649. The van der Waals surface area contributed by atoms with Crippen LogP contribution in [-0.2, 0) is 20.0 Å². The van der Waals surface area contributed by atoms with E-state index in [0.29, 0.717) is 18.9 Å². The molecule has 1 heterocycles. The monoisotopic (exact) mass is 335 g/mol. The summed E-state index contributed by atoms with van der Waals surface area (Å²) in [5.41, 5.74) is 1.58. The summed E-state index contributed by atoms with van der Waals surface area (Å²) in [6.45, 7) is 1.06. The number of hydrogen-bond acceptors (Lipinski definition) is 3. The van der Waals surface area contributed by atoms with Gasteiger partial charge in [0, 0.05) is 19.7 Å². The molecule has 0 aliphatic carbocycles. The van der Waals surface area contributed by atoms with Crippen molar-refractivity contribution in [2.75, 3.05) is 11.9 Å². The quantitative estimate of drug-likeness (QED) is 0.752. The lowest BCUT2D eigenvalue weighted by Crippen LogP contribution is -2.39. The summed E-state index contributed by atoms with van der Waals surface area (Å²) in [5.74, 6) is 0.549. The van der Waals surface area contributed by atoms with Gasteiger partial charge in [-0.25, -0.2) is 4.79 Å². The smallest absolute Gasteiger partial charge is 0.332 e. The van der Waals surface area contributed by atoms with Gasteiger partial charge in [0.2, 0.25) is 0 Å². The lowest BCUT2D eigenvalue weighted by Gasteiger charge is -2.15. The number of rotatable bonds is 6. The highest BCUT2D eigenvalue weighted by Crippen LogP contribution is 2.08. The topological polar surface area (TPSA) is 56.0 Å². The zero-order valence-corrected chi connectivity index (χ0v) is 14.2. The second-order valence-electron chi connectivity index (χ2n) is 5.94. The lowest BCUT2D eigenvalue weighted by atomic mass is 10.1. The van der Waals surface area contributed by atoms with Gasteiger partial charge < -0.3 is 5.32 Å². The molecule has 2 aromatic carbocycles. The van der Waals surface area contributed by atoms with E-state index in [1.807, 2.05) is 48.5 Å². The maximum Gasteiger partial charge on any atom is 0.332 e. The summed E-state index contributed by atoms with van der Waals surface area (Å²) in [6.07, 6.45) is 0.815. The highest BCUT2D eigenvalue weighted by atomic mass is 16.2. The summed E-state index contributed by atoms with van der Waals surface area (Å²) in [4.78, 5) is 24.5. The summed E-state index contributed by atoms with van der Waals surface area (Å²) in [7, 11) is 1.50. The van der Waals surface area contributed by atoms with E-state index in [4.69, 9.17) is 0 Å². The van der Waals surface area contributed by atoms with Crippen molar-refractivity contribution in [1.29, 1.82) is 0 Å². The fourth-order valence-electron chi connectivity index (χ4n) is 2.71. The predicted molar refractivity (Wildman–Crippen MR) is 100 cm³/mol. The zero-order chi connectivity index (χ0) is 17.6. The van der Waals surface area contributed by atoms with Crippen LogP contribution in [0.1, 0.15) is 11.1 Å². The van der Waals surface area contributed by atoms with Crippen molar-refractivity contribution < 1.29 is 0 Å². The second kappa shape index (κ2) is 7.66. The second-order valence-corrected chi connectivity index (χ2v) is 5.94. The maximum absolute atomic E-state index is 12.5. The molecule has 0 spiro atoms. The van der Waals surface area contributed by atoms with Crippen LogP contribution in [0.2, 0.25) is 0 Å². The predicted octanol–water partition coefficient (Wildman–Crippen LogP) is 2.25. The molecule has 5 heteroatoms. The molecule has 5 nitrogen and oxygen atoms in total. The van der Waals surface area contributed by atoms with E-state index in [2.05, 4.69) is 17.4 Å². The highest BCUT2D eigenvalue weighted by Gasteiger charge is 2.09. The minimum Gasteiger partial charge on any atom is -0.371 e. The van der Waals surface area contributed by atoms with Crippen molar-refractivity contribution in [2.24, 2.45) is 7.05 Å². The van der Waals surface area contributed by atoms with E-state index in [1.54, 1.807) is 4.57 Å². The molecule has 0 aliphatic rings. The van der Waals surface area contributed by atoms with E-state index < -0.39 is 0 Å². The van der Waals surface area contributed by atoms with Gasteiger partial charge in [-0.1, -0.05) is 60.7 Å². The van der Waals surface area contributed by atoms with Crippen LogP contribution in [0, 0.1) is 0 Å². The van der Waals surface area contributed by atoms with Gasteiger partial charge in [-0.3, -0.25) is 13.9 Å².